The van der Waals surface area contributed by atoms with Gasteiger partial charge in [0.1, 0.15) is 5.75 Å². The summed E-state index contributed by atoms with van der Waals surface area (Å²) >= 11 is 1.97. The number of thioether (sulfide) groups is 1. The lowest BCUT2D eigenvalue weighted by Crippen LogP contribution is -2.45. The van der Waals surface area contributed by atoms with E-state index in [1.165, 1.54) is 0 Å². The number of amides is 2. The van der Waals surface area contributed by atoms with Crippen LogP contribution in [0.5, 0.6) is 5.75 Å². The molecule has 12 heteroatoms. The Kier molecular flexibility index (Phi) is 23.3. The van der Waals surface area contributed by atoms with Gasteiger partial charge in [0.2, 0.25) is 5.91 Å². The smallest absolute Gasteiger partial charge is 0.255 e. The van der Waals surface area contributed by atoms with Crippen LogP contribution in [0.1, 0.15) is 63.7 Å². The molecule has 0 radical (unpaired) electrons. The second kappa shape index (κ2) is 24.0. The highest BCUT2D eigenvalue weighted by atomic mass is 35.5. The van der Waals surface area contributed by atoms with E-state index >= 15 is 0 Å². The zero-order chi connectivity index (χ0) is 30.9. The second-order valence-electron chi connectivity index (χ2n) is 12.1. The van der Waals surface area contributed by atoms with Gasteiger partial charge >= 0.3 is 0 Å². The zero-order valence-corrected chi connectivity index (χ0v) is 29.7. The number of carbonyl (C=O) groups excluding carboxylic acids is 2. The maximum Gasteiger partial charge on any atom is 0.255 e. The van der Waals surface area contributed by atoms with Gasteiger partial charge in [-0.15, -0.1) is 24.8 Å². The minimum Gasteiger partial charge on any atom is -0.493 e. The van der Waals surface area contributed by atoms with Gasteiger partial charge in [0.15, 0.2) is 0 Å². The molecule has 2 amide bonds. The number of para-hydroxylation sites is 1. The van der Waals surface area contributed by atoms with Crippen molar-refractivity contribution in [3.8, 4) is 5.75 Å². The van der Waals surface area contributed by atoms with Crippen molar-refractivity contribution >= 4 is 48.4 Å². The summed E-state index contributed by atoms with van der Waals surface area (Å²) in [6, 6.07) is 6.76. The number of unbranched alkanes of at least 4 members (excludes halogenated alkanes) is 1. The van der Waals surface area contributed by atoms with Crippen LogP contribution in [0.4, 0.5) is 0 Å². The van der Waals surface area contributed by atoms with Gasteiger partial charge in [0.25, 0.3) is 5.91 Å². The van der Waals surface area contributed by atoms with E-state index in [9.17, 15) is 14.7 Å². The highest BCUT2D eigenvalue weighted by molar-refractivity contribution is 7.99. The van der Waals surface area contributed by atoms with Gasteiger partial charge in [-0.2, -0.15) is 11.8 Å². The van der Waals surface area contributed by atoms with E-state index in [1.807, 2.05) is 43.8 Å². The van der Waals surface area contributed by atoms with Gasteiger partial charge in [0, 0.05) is 69.9 Å². The number of halogens is 2. The number of aliphatic hydroxyl groups is 1. The van der Waals surface area contributed by atoms with Crippen LogP contribution in [0.15, 0.2) is 24.3 Å². The SMILES string of the molecule is COCCCCOc1ccccc1C(=O)NC[C@@H](C[C@H](N)[C@@H](O)C[C@H](C(=O)NCCN1CCSCC1)C(C)C)C(C)C.Cl.Cl. The summed E-state index contributed by atoms with van der Waals surface area (Å²) in [5, 5.41) is 17.2. The van der Waals surface area contributed by atoms with Crippen LogP contribution >= 0.6 is 36.6 Å². The highest BCUT2D eigenvalue weighted by Crippen LogP contribution is 2.24. The molecule has 0 spiro atoms. The molecule has 5 N–H and O–H groups in total. The first kappa shape index (κ1) is 42.7. The molecule has 44 heavy (non-hydrogen) atoms. The predicted octanol–water partition coefficient (Wildman–Crippen LogP) is 4.24. The summed E-state index contributed by atoms with van der Waals surface area (Å²) in [7, 11) is 1.68. The molecule has 9 nitrogen and oxygen atoms in total. The third-order valence-electron chi connectivity index (χ3n) is 8.14. The first-order valence-corrected chi connectivity index (χ1v) is 16.8. The second-order valence-corrected chi connectivity index (χ2v) is 13.3. The number of aliphatic hydroxyl groups excluding tert-OH is 1. The number of hydrogen-bond acceptors (Lipinski definition) is 8. The summed E-state index contributed by atoms with van der Waals surface area (Å²) in [5.41, 5.74) is 7.00. The average molecular weight is 682 g/mol. The first-order chi connectivity index (χ1) is 20.1. The minimum absolute atomic E-state index is 0. The summed E-state index contributed by atoms with van der Waals surface area (Å²) in [6.07, 6.45) is 1.78. The van der Waals surface area contributed by atoms with Crippen molar-refractivity contribution in [3.05, 3.63) is 29.8 Å². The number of nitrogens with two attached hydrogens (primary N) is 1. The summed E-state index contributed by atoms with van der Waals surface area (Å²) in [5.74, 6) is 2.72. The third kappa shape index (κ3) is 15.8. The Morgan fingerprint density at radius 3 is 2.30 bits per heavy atom. The molecule has 0 unspecified atom stereocenters. The minimum atomic E-state index is -0.813. The van der Waals surface area contributed by atoms with Crippen LogP contribution in [0, 0.1) is 23.7 Å². The quantitative estimate of drug-likeness (QED) is 0.151. The standard InChI is InChI=1S/C32H56N4O5S.2ClH/c1-23(2)25(22-35-31(38)26-10-6-7-11-30(26)41-17-9-8-16-40-5)20-28(33)29(37)21-27(24(3)4)32(39)34-12-13-36-14-18-42-19-15-36;;/h6-7,10-11,23-25,27-29,37H,8-9,12-22,33H2,1-5H3,(H,34,39)(H,35,38);2*1H/t25-,27+,28+,29+;;/m1../s1. The molecular weight excluding hydrogens is 623 g/mol. The molecule has 0 aliphatic carbocycles. The number of rotatable bonds is 20. The number of methoxy groups -OCH3 is 1. The average Bonchev–Trinajstić information content (AvgIpc) is 2.97. The first-order valence-electron chi connectivity index (χ1n) is 15.6. The topological polar surface area (TPSA) is 126 Å². The van der Waals surface area contributed by atoms with E-state index in [-0.39, 0.29) is 60.3 Å². The highest BCUT2D eigenvalue weighted by Gasteiger charge is 2.30. The van der Waals surface area contributed by atoms with Crippen LogP contribution < -0.4 is 21.1 Å². The Morgan fingerprint density at radius 2 is 1.66 bits per heavy atom. The van der Waals surface area contributed by atoms with E-state index in [0.717, 1.165) is 44.0 Å². The Balaban J connectivity index is 0.00000924. The van der Waals surface area contributed by atoms with Crippen molar-refractivity contribution in [2.24, 2.45) is 29.4 Å². The molecule has 0 saturated carbocycles. The third-order valence-corrected chi connectivity index (χ3v) is 9.08. The van der Waals surface area contributed by atoms with E-state index < -0.39 is 12.1 Å². The largest absolute Gasteiger partial charge is 0.493 e. The molecule has 0 bridgehead atoms. The predicted molar refractivity (Wildman–Crippen MR) is 187 cm³/mol. The molecule has 256 valence electrons. The molecule has 1 fully saturated rings. The van der Waals surface area contributed by atoms with Crippen LogP contribution in [-0.2, 0) is 9.53 Å². The number of benzene rings is 1. The lowest BCUT2D eigenvalue weighted by atomic mass is 9.83. The fourth-order valence-electron chi connectivity index (χ4n) is 5.14. The number of nitrogens with zero attached hydrogens (tertiary/aromatic N) is 1. The van der Waals surface area contributed by atoms with Gasteiger partial charge in [0.05, 0.1) is 18.3 Å². The Bertz CT molecular complexity index is 924. The van der Waals surface area contributed by atoms with Gasteiger partial charge < -0.3 is 30.9 Å². The molecular formula is C32H58Cl2N4O5S. The monoisotopic (exact) mass is 680 g/mol. The Morgan fingerprint density at radius 1 is 1.00 bits per heavy atom. The molecule has 1 saturated heterocycles. The molecule has 1 aromatic rings. The van der Waals surface area contributed by atoms with Gasteiger partial charge in [-0.3, -0.25) is 14.5 Å². The van der Waals surface area contributed by atoms with Gasteiger partial charge in [-0.25, -0.2) is 0 Å². The van der Waals surface area contributed by atoms with Gasteiger partial charge in [-0.1, -0.05) is 39.8 Å². The van der Waals surface area contributed by atoms with Crippen LogP contribution in [-0.4, -0.2) is 98.5 Å². The zero-order valence-electron chi connectivity index (χ0n) is 27.3. The molecule has 4 atom stereocenters. The normalized spacial score (nSPS) is 16.3. The molecule has 1 aliphatic rings. The number of hydrogen-bond donors (Lipinski definition) is 4. The van der Waals surface area contributed by atoms with Crippen molar-refractivity contribution < 1.29 is 24.2 Å². The van der Waals surface area contributed by atoms with Crippen LogP contribution in [0.2, 0.25) is 0 Å². The lowest BCUT2D eigenvalue weighted by molar-refractivity contribution is -0.127. The maximum absolute atomic E-state index is 13.1. The summed E-state index contributed by atoms with van der Waals surface area (Å²) in [6.45, 7) is 13.4. The fourth-order valence-corrected chi connectivity index (χ4v) is 6.12. The van der Waals surface area contributed by atoms with Crippen molar-refractivity contribution in [1.29, 1.82) is 0 Å². The van der Waals surface area contributed by atoms with Gasteiger partial charge in [-0.05, 0) is 55.6 Å². The van der Waals surface area contributed by atoms with Crippen molar-refractivity contribution in [1.82, 2.24) is 15.5 Å². The number of ether oxygens (including phenoxy) is 2. The van der Waals surface area contributed by atoms with Crippen molar-refractivity contribution in [2.75, 3.05) is 64.6 Å². The Labute approximate surface area is 282 Å². The molecule has 1 aromatic carbocycles. The van der Waals surface area contributed by atoms with E-state index in [1.54, 1.807) is 13.2 Å². The van der Waals surface area contributed by atoms with Crippen LogP contribution in [0.25, 0.3) is 0 Å². The number of carbonyl (C=O) groups is 2. The Hall–Kier alpha value is -1.27. The summed E-state index contributed by atoms with van der Waals surface area (Å²) in [4.78, 5) is 28.5. The molecule has 2 rings (SSSR count). The molecule has 0 aromatic heterocycles. The summed E-state index contributed by atoms with van der Waals surface area (Å²) < 4.78 is 11.0. The van der Waals surface area contributed by atoms with Crippen LogP contribution in [0.3, 0.4) is 0 Å². The fraction of sp³-hybridized carbons (Fsp3) is 0.750. The van der Waals surface area contributed by atoms with E-state index in [2.05, 4.69) is 29.4 Å². The lowest BCUT2D eigenvalue weighted by Gasteiger charge is -2.30. The number of nitrogens with one attached hydrogen (secondary N) is 2. The maximum atomic E-state index is 13.1. The molecule has 1 aliphatic heterocycles. The van der Waals surface area contributed by atoms with Crippen molar-refractivity contribution in [2.45, 2.75) is 65.5 Å². The van der Waals surface area contributed by atoms with E-state index in [4.69, 9.17) is 15.2 Å². The van der Waals surface area contributed by atoms with Crippen molar-refractivity contribution in [3.63, 3.8) is 0 Å². The van der Waals surface area contributed by atoms with E-state index in [0.29, 0.717) is 50.5 Å². The molecule has 1 heterocycles.